The largest absolute Gasteiger partial charge is 0.372 e. The van der Waals surface area contributed by atoms with Gasteiger partial charge in [0.1, 0.15) is 0 Å². The highest BCUT2D eigenvalue weighted by Crippen LogP contribution is 2.32. The molecule has 21 heavy (non-hydrogen) atoms. The zero-order chi connectivity index (χ0) is 15.5. The Kier molecular flexibility index (Phi) is 5.32. The van der Waals surface area contributed by atoms with Gasteiger partial charge in [0.2, 0.25) is 0 Å². The zero-order valence-corrected chi connectivity index (χ0v) is 14.3. The minimum absolute atomic E-state index is 0.286. The molecule has 1 heterocycles. The van der Waals surface area contributed by atoms with Crippen molar-refractivity contribution in [3.63, 3.8) is 0 Å². The summed E-state index contributed by atoms with van der Waals surface area (Å²) in [6.07, 6.45) is 5.97. The van der Waals surface area contributed by atoms with Gasteiger partial charge in [0.05, 0.1) is 0 Å². The molecule has 118 valence electrons. The standard InChI is InChI=1S/C19H32N2/c1-5-17(20)14-16-7-8-18(13-15(16)2)21-11-6-9-19(3,4)10-12-21/h7-8,13,17H,5-6,9-12,14,20H2,1-4H3. The van der Waals surface area contributed by atoms with E-state index in [2.05, 4.69) is 50.8 Å². The third-order valence-corrected chi connectivity index (χ3v) is 5.04. The fourth-order valence-electron chi connectivity index (χ4n) is 3.21. The van der Waals surface area contributed by atoms with E-state index in [1.807, 2.05) is 0 Å². The Hall–Kier alpha value is -1.02. The maximum Gasteiger partial charge on any atom is 0.0369 e. The third-order valence-electron chi connectivity index (χ3n) is 5.04. The van der Waals surface area contributed by atoms with Crippen molar-refractivity contribution in [3.8, 4) is 0 Å². The van der Waals surface area contributed by atoms with Crippen LogP contribution in [0.25, 0.3) is 0 Å². The molecule has 0 bridgehead atoms. The summed E-state index contributed by atoms with van der Waals surface area (Å²) in [5.41, 5.74) is 10.8. The predicted octanol–water partition coefficient (Wildman–Crippen LogP) is 4.29. The van der Waals surface area contributed by atoms with Crippen molar-refractivity contribution in [3.05, 3.63) is 29.3 Å². The van der Waals surface area contributed by atoms with E-state index in [4.69, 9.17) is 5.73 Å². The number of nitrogens with zero attached hydrogens (tertiary/aromatic N) is 1. The molecular formula is C19H32N2. The Labute approximate surface area is 130 Å². The fourth-order valence-corrected chi connectivity index (χ4v) is 3.21. The zero-order valence-electron chi connectivity index (χ0n) is 14.3. The molecule has 2 heteroatoms. The molecule has 0 aliphatic carbocycles. The minimum atomic E-state index is 0.286. The summed E-state index contributed by atoms with van der Waals surface area (Å²) in [5, 5.41) is 0. The second-order valence-electron chi connectivity index (χ2n) is 7.49. The lowest BCUT2D eigenvalue weighted by molar-refractivity contribution is 0.325. The highest BCUT2D eigenvalue weighted by Gasteiger charge is 2.23. The summed E-state index contributed by atoms with van der Waals surface area (Å²) in [4.78, 5) is 2.56. The number of hydrogen-bond donors (Lipinski definition) is 1. The van der Waals surface area contributed by atoms with Crippen LogP contribution in [0.15, 0.2) is 18.2 Å². The Morgan fingerprint density at radius 1 is 1.24 bits per heavy atom. The monoisotopic (exact) mass is 288 g/mol. The Bertz CT molecular complexity index is 465. The molecule has 1 unspecified atom stereocenters. The van der Waals surface area contributed by atoms with Gasteiger partial charge < -0.3 is 10.6 Å². The maximum atomic E-state index is 6.09. The first kappa shape index (κ1) is 16.4. The van der Waals surface area contributed by atoms with Crippen LogP contribution in [0.5, 0.6) is 0 Å². The van der Waals surface area contributed by atoms with Gasteiger partial charge in [-0.3, -0.25) is 0 Å². The second-order valence-corrected chi connectivity index (χ2v) is 7.49. The van der Waals surface area contributed by atoms with Crippen LogP contribution in [0.3, 0.4) is 0 Å². The molecule has 1 atom stereocenters. The molecule has 2 nitrogen and oxygen atoms in total. The molecule has 1 aliphatic heterocycles. The molecule has 1 saturated heterocycles. The summed E-state index contributed by atoms with van der Waals surface area (Å²) < 4.78 is 0. The number of nitrogens with two attached hydrogens (primary N) is 1. The van der Waals surface area contributed by atoms with Crippen LogP contribution in [0.1, 0.15) is 57.6 Å². The van der Waals surface area contributed by atoms with Crippen LogP contribution >= 0.6 is 0 Å². The maximum absolute atomic E-state index is 6.09. The number of aryl methyl sites for hydroxylation is 1. The summed E-state index contributed by atoms with van der Waals surface area (Å²) in [5.74, 6) is 0. The summed E-state index contributed by atoms with van der Waals surface area (Å²) >= 11 is 0. The molecule has 1 aliphatic rings. The van der Waals surface area contributed by atoms with Crippen molar-refractivity contribution < 1.29 is 0 Å². The van der Waals surface area contributed by atoms with Crippen LogP contribution in [-0.4, -0.2) is 19.1 Å². The Morgan fingerprint density at radius 2 is 2.00 bits per heavy atom. The minimum Gasteiger partial charge on any atom is -0.372 e. The highest BCUT2D eigenvalue weighted by molar-refractivity contribution is 5.51. The molecule has 1 fully saturated rings. The number of anilines is 1. The average molecular weight is 288 g/mol. The van der Waals surface area contributed by atoms with Gasteiger partial charge in [0.25, 0.3) is 0 Å². The van der Waals surface area contributed by atoms with Crippen LogP contribution in [0, 0.1) is 12.3 Å². The van der Waals surface area contributed by atoms with E-state index in [9.17, 15) is 0 Å². The van der Waals surface area contributed by atoms with Crippen molar-refractivity contribution in [2.45, 2.75) is 65.8 Å². The summed E-state index contributed by atoms with van der Waals surface area (Å²) in [6, 6.07) is 7.23. The average Bonchev–Trinajstić information content (AvgIpc) is 2.62. The van der Waals surface area contributed by atoms with Crippen LogP contribution in [0.2, 0.25) is 0 Å². The van der Waals surface area contributed by atoms with E-state index in [1.165, 1.54) is 49.2 Å². The molecule has 0 amide bonds. The van der Waals surface area contributed by atoms with Gasteiger partial charge in [0, 0.05) is 24.8 Å². The first-order valence-corrected chi connectivity index (χ1v) is 8.51. The molecule has 0 spiro atoms. The van der Waals surface area contributed by atoms with Crippen LogP contribution in [0.4, 0.5) is 5.69 Å². The van der Waals surface area contributed by atoms with Gasteiger partial charge in [-0.05, 0) is 67.7 Å². The lowest BCUT2D eigenvalue weighted by atomic mass is 9.85. The van der Waals surface area contributed by atoms with E-state index in [0.29, 0.717) is 5.41 Å². The van der Waals surface area contributed by atoms with Gasteiger partial charge in [-0.1, -0.05) is 26.8 Å². The second kappa shape index (κ2) is 6.83. The van der Waals surface area contributed by atoms with Gasteiger partial charge in [-0.25, -0.2) is 0 Å². The van der Waals surface area contributed by atoms with Gasteiger partial charge >= 0.3 is 0 Å². The van der Waals surface area contributed by atoms with Gasteiger partial charge in [0.15, 0.2) is 0 Å². The Morgan fingerprint density at radius 3 is 2.67 bits per heavy atom. The SMILES string of the molecule is CCC(N)Cc1ccc(N2CCCC(C)(C)CC2)cc1C. The van der Waals surface area contributed by atoms with E-state index in [0.717, 1.165) is 12.8 Å². The molecule has 1 aromatic carbocycles. The molecule has 2 N–H and O–H groups in total. The molecule has 0 saturated carbocycles. The quantitative estimate of drug-likeness (QED) is 0.895. The van der Waals surface area contributed by atoms with Crippen molar-refractivity contribution in [1.29, 1.82) is 0 Å². The van der Waals surface area contributed by atoms with Crippen molar-refractivity contribution in [2.75, 3.05) is 18.0 Å². The lowest BCUT2D eigenvalue weighted by Crippen LogP contribution is -2.25. The third kappa shape index (κ3) is 4.47. The smallest absolute Gasteiger partial charge is 0.0369 e. The van der Waals surface area contributed by atoms with E-state index in [1.54, 1.807) is 0 Å². The molecular weight excluding hydrogens is 256 g/mol. The van der Waals surface area contributed by atoms with Crippen LogP contribution < -0.4 is 10.6 Å². The van der Waals surface area contributed by atoms with Crippen molar-refractivity contribution in [1.82, 2.24) is 0 Å². The highest BCUT2D eigenvalue weighted by atomic mass is 15.1. The lowest BCUT2D eigenvalue weighted by Gasteiger charge is -2.25. The predicted molar refractivity (Wildman–Crippen MR) is 93.0 cm³/mol. The molecule has 0 aromatic heterocycles. The topological polar surface area (TPSA) is 29.3 Å². The molecule has 2 rings (SSSR count). The normalized spacial score (nSPS) is 20.1. The molecule has 0 radical (unpaired) electrons. The first-order chi connectivity index (χ1) is 9.91. The van der Waals surface area contributed by atoms with E-state index < -0.39 is 0 Å². The Balaban J connectivity index is 2.09. The van der Waals surface area contributed by atoms with Gasteiger partial charge in [-0.2, -0.15) is 0 Å². The van der Waals surface area contributed by atoms with Crippen LogP contribution in [-0.2, 0) is 6.42 Å². The van der Waals surface area contributed by atoms with Gasteiger partial charge in [-0.15, -0.1) is 0 Å². The van der Waals surface area contributed by atoms with Crippen molar-refractivity contribution >= 4 is 5.69 Å². The number of hydrogen-bond acceptors (Lipinski definition) is 2. The van der Waals surface area contributed by atoms with Crippen molar-refractivity contribution in [2.24, 2.45) is 11.1 Å². The first-order valence-electron chi connectivity index (χ1n) is 8.51. The number of rotatable bonds is 4. The number of benzene rings is 1. The summed E-state index contributed by atoms with van der Waals surface area (Å²) in [6.45, 7) is 11.6. The van der Waals surface area contributed by atoms with E-state index in [-0.39, 0.29) is 6.04 Å². The molecule has 1 aromatic rings. The van der Waals surface area contributed by atoms with E-state index >= 15 is 0 Å². The summed E-state index contributed by atoms with van der Waals surface area (Å²) in [7, 11) is 0. The fraction of sp³-hybridized carbons (Fsp3) is 0.684.